The highest BCUT2D eigenvalue weighted by atomic mass is 16.5. The zero-order valence-corrected chi connectivity index (χ0v) is 17.5. The minimum Gasteiger partial charge on any atom is -0.475 e. The number of allylic oxidation sites excluding steroid dienone is 1. The predicted molar refractivity (Wildman–Crippen MR) is 108 cm³/mol. The van der Waals surface area contributed by atoms with Gasteiger partial charge in [0, 0.05) is 22.9 Å². The van der Waals surface area contributed by atoms with E-state index < -0.39 is 0 Å². The Kier molecular flexibility index (Phi) is 6.07. The first-order valence-corrected chi connectivity index (χ1v) is 10.6. The molecule has 2 unspecified atom stereocenters. The Labute approximate surface area is 163 Å². The number of nitrogens with zero attached hydrogens (tertiary/aromatic N) is 2. The van der Waals surface area contributed by atoms with Gasteiger partial charge in [-0.1, -0.05) is 26.2 Å². The maximum Gasteiger partial charge on any atom is 0.315 e. The van der Waals surface area contributed by atoms with Crippen molar-refractivity contribution in [2.24, 2.45) is 27.7 Å². The minimum absolute atomic E-state index is 0.0597. The number of ether oxygens (including phenoxy) is 2. The molecule has 0 aromatic heterocycles. The van der Waals surface area contributed by atoms with Crippen molar-refractivity contribution in [1.29, 1.82) is 0 Å². The van der Waals surface area contributed by atoms with Crippen molar-refractivity contribution in [3.63, 3.8) is 0 Å². The first-order valence-electron chi connectivity index (χ1n) is 10.6. The predicted octanol–water partition coefficient (Wildman–Crippen LogP) is 4.71. The van der Waals surface area contributed by atoms with Crippen molar-refractivity contribution in [1.82, 2.24) is 0 Å². The number of carbonyl (C=O) groups excluding carboxylic acids is 1. The summed E-state index contributed by atoms with van der Waals surface area (Å²) in [4.78, 5) is 22.6. The van der Waals surface area contributed by atoms with Crippen LogP contribution in [0.3, 0.4) is 0 Å². The summed E-state index contributed by atoms with van der Waals surface area (Å²) in [6.07, 6.45) is 6.83. The van der Waals surface area contributed by atoms with E-state index in [0.717, 1.165) is 36.2 Å². The monoisotopic (exact) mass is 374 g/mol. The maximum absolute atomic E-state index is 12.9. The van der Waals surface area contributed by atoms with E-state index in [4.69, 9.17) is 19.5 Å². The Morgan fingerprint density at radius 1 is 1.22 bits per heavy atom. The summed E-state index contributed by atoms with van der Waals surface area (Å²) in [5, 5.41) is 0. The van der Waals surface area contributed by atoms with Gasteiger partial charge in [0.1, 0.15) is 12.5 Å². The van der Waals surface area contributed by atoms with E-state index in [2.05, 4.69) is 20.8 Å². The summed E-state index contributed by atoms with van der Waals surface area (Å²) in [6, 6.07) is 0. The molecule has 5 heteroatoms. The van der Waals surface area contributed by atoms with Gasteiger partial charge in [0.05, 0.1) is 12.1 Å². The van der Waals surface area contributed by atoms with Crippen LogP contribution in [0.2, 0.25) is 0 Å². The number of rotatable bonds is 5. The molecule has 0 spiro atoms. The van der Waals surface area contributed by atoms with Gasteiger partial charge >= 0.3 is 5.97 Å². The minimum atomic E-state index is -0.326. The second-order valence-electron chi connectivity index (χ2n) is 8.64. The fourth-order valence-electron chi connectivity index (χ4n) is 4.77. The second kappa shape index (κ2) is 8.15. The Bertz CT molecular complexity index is 669. The standard InChI is InChI=1S/C22H34N2O3/c1-6-16-19(20-24-22(4,5)13-27-20)18(15-11-9-8-10-12-15)17(14(3)23-16)21(25)26-7-2/h15,17-18H,6-13H2,1-5H3. The van der Waals surface area contributed by atoms with E-state index in [9.17, 15) is 4.79 Å². The van der Waals surface area contributed by atoms with E-state index in [1.54, 1.807) is 0 Å². The van der Waals surface area contributed by atoms with Crippen molar-refractivity contribution in [3.8, 4) is 0 Å². The lowest BCUT2D eigenvalue weighted by Crippen LogP contribution is -2.42. The largest absolute Gasteiger partial charge is 0.475 e. The molecule has 0 saturated heterocycles. The van der Waals surface area contributed by atoms with Crippen LogP contribution in [-0.4, -0.2) is 36.3 Å². The quantitative estimate of drug-likeness (QED) is 0.655. The Balaban J connectivity index is 2.09. The van der Waals surface area contributed by atoms with Gasteiger partial charge in [-0.05, 0) is 52.9 Å². The summed E-state index contributed by atoms with van der Waals surface area (Å²) in [5.74, 6) is 0.737. The molecule has 0 radical (unpaired) electrons. The molecule has 5 nitrogen and oxygen atoms in total. The van der Waals surface area contributed by atoms with Crippen LogP contribution in [0, 0.1) is 17.8 Å². The molecule has 150 valence electrons. The lowest BCUT2D eigenvalue weighted by Gasteiger charge is -2.39. The molecule has 2 atom stereocenters. The Hall–Kier alpha value is -1.65. The van der Waals surface area contributed by atoms with Gasteiger partial charge in [0.2, 0.25) is 5.90 Å². The average Bonchev–Trinajstić information content (AvgIpc) is 3.00. The van der Waals surface area contributed by atoms with Crippen molar-refractivity contribution >= 4 is 17.6 Å². The van der Waals surface area contributed by atoms with Crippen LogP contribution < -0.4 is 0 Å². The van der Waals surface area contributed by atoms with Crippen molar-refractivity contribution in [3.05, 3.63) is 11.3 Å². The van der Waals surface area contributed by atoms with Crippen LogP contribution in [-0.2, 0) is 14.3 Å². The summed E-state index contributed by atoms with van der Waals surface area (Å²) in [7, 11) is 0. The lowest BCUT2D eigenvalue weighted by molar-refractivity contribution is -0.147. The third kappa shape index (κ3) is 4.12. The van der Waals surface area contributed by atoms with Crippen molar-refractivity contribution < 1.29 is 14.3 Å². The zero-order valence-electron chi connectivity index (χ0n) is 17.5. The number of hydrogen-bond acceptors (Lipinski definition) is 5. The van der Waals surface area contributed by atoms with Crippen molar-refractivity contribution in [2.75, 3.05) is 13.2 Å². The molecule has 1 fully saturated rings. The molecular weight excluding hydrogens is 340 g/mol. The van der Waals surface area contributed by atoms with Crippen LogP contribution in [0.15, 0.2) is 21.3 Å². The van der Waals surface area contributed by atoms with E-state index >= 15 is 0 Å². The van der Waals surface area contributed by atoms with Gasteiger partial charge in [-0.2, -0.15) is 0 Å². The van der Waals surface area contributed by atoms with E-state index in [-0.39, 0.29) is 23.3 Å². The first-order chi connectivity index (χ1) is 12.9. The normalized spacial score (nSPS) is 28.5. The summed E-state index contributed by atoms with van der Waals surface area (Å²) >= 11 is 0. The van der Waals surface area contributed by atoms with Gasteiger partial charge in [-0.15, -0.1) is 0 Å². The Morgan fingerprint density at radius 2 is 1.93 bits per heavy atom. The summed E-state index contributed by atoms with van der Waals surface area (Å²) in [6.45, 7) is 11.1. The first kappa shape index (κ1) is 20.1. The van der Waals surface area contributed by atoms with E-state index in [0.29, 0.717) is 25.0 Å². The van der Waals surface area contributed by atoms with Crippen LogP contribution in [0.25, 0.3) is 0 Å². The number of carbonyl (C=O) groups is 1. The Morgan fingerprint density at radius 3 is 2.48 bits per heavy atom. The molecule has 0 amide bonds. The fraction of sp³-hybridized carbons (Fsp3) is 0.773. The smallest absolute Gasteiger partial charge is 0.315 e. The number of hydrogen-bond donors (Lipinski definition) is 0. The highest BCUT2D eigenvalue weighted by Gasteiger charge is 2.46. The molecule has 0 N–H and O–H groups in total. The van der Waals surface area contributed by atoms with Crippen LogP contribution >= 0.6 is 0 Å². The lowest BCUT2D eigenvalue weighted by atomic mass is 9.67. The van der Waals surface area contributed by atoms with Crippen LogP contribution in [0.4, 0.5) is 0 Å². The van der Waals surface area contributed by atoms with E-state index in [1.165, 1.54) is 19.3 Å². The molecule has 3 rings (SSSR count). The highest BCUT2D eigenvalue weighted by Crippen LogP contribution is 2.45. The average molecular weight is 375 g/mol. The van der Waals surface area contributed by atoms with Crippen LogP contribution in [0.1, 0.15) is 73.1 Å². The van der Waals surface area contributed by atoms with Gasteiger partial charge < -0.3 is 9.47 Å². The topological polar surface area (TPSA) is 60.2 Å². The maximum atomic E-state index is 12.9. The summed E-state index contributed by atoms with van der Waals surface area (Å²) < 4.78 is 11.5. The van der Waals surface area contributed by atoms with E-state index in [1.807, 2.05) is 13.8 Å². The molecule has 0 aromatic carbocycles. The highest BCUT2D eigenvalue weighted by molar-refractivity contribution is 6.07. The second-order valence-corrected chi connectivity index (χ2v) is 8.64. The van der Waals surface area contributed by atoms with Gasteiger partial charge in [0.15, 0.2) is 0 Å². The number of aliphatic imine (C=N–C) groups is 2. The van der Waals surface area contributed by atoms with Gasteiger partial charge in [-0.25, -0.2) is 4.99 Å². The van der Waals surface area contributed by atoms with Crippen LogP contribution in [0.5, 0.6) is 0 Å². The molecule has 1 aliphatic carbocycles. The summed E-state index contributed by atoms with van der Waals surface area (Å²) in [5.41, 5.74) is 2.75. The molecular formula is C22H34N2O3. The molecule has 0 aromatic rings. The molecule has 2 aliphatic heterocycles. The molecule has 27 heavy (non-hydrogen) atoms. The van der Waals surface area contributed by atoms with Gasteiger partial charge in [0.25, 0.3) is 0 Å². The molecule has 1 saturated carbocycles. The molecule has 0 bridgehead atoms. The molecule has 2 heterocycles. The zero-order chi connectivity index (χ0) is 19.6. The van der Waals surface area contributed by atoms with Crippen molar-refractivity contribution in [2.45, 2.75) is 78.7 Å². The number of esters is 1. The third-order valence-corrected chi connectivity index (χ3v) is 5.99. The SMILES string of the molecule is CCOC(=O)C1C(C)=NC(CC)=C(C2=NC(C)(C)CO2)C1C1CCCCC1. The fourth-order valence-corrected chi connectivity index (χ4v) is 4.77. The third-order valence-electron chi connectivity index (χ3n) is 5.99. The van der Waals surface area contributed by atoms with Gasteiger partial charge in [-0.3, -0.25) is 9.79 Å². The molecule has 3 aliphatic rings.